The summed E-state index contributed by atoms with van der Waals surface area (Å²) in [5, 5.41) is 0.685. The van der Waals surface area contributed by atoms with Gasteiger partial charge in [0.1, 0.15) is 6.61 Å². The smallest absolute Gasteiger partial charge is 0.170 e. The van der Waals surface area contributed by atoms with Crippen molar-refractivity contribution in [2.45, 2.75) is 12.5 Å². The molecule has 1 atom stereocenters. The molecule has 104 valence electrons. The summed E-state index contributed by atoms with van der Waals surface area (Å²) in [6, 6.07) is 13.5. The third-order valence-corrected chi connectivity index (χ3v) is 3.79. The first-order valence-electron chi connectivity index (χ1n) is 6.53. The molecule has 0 amide bonds. The Kier molecular flexibility index (Phi) is 3.32. The van der Waals surface area contributed by atoms with E-state index in [2.05, 4.69) is 0 Å². The van der Waals surface area contributed by atoms with Crippen molar-refractivity contribution in [2.75, 3.05) is 13.2 Å². The number of rotatable bonds is 2. The fourth-order valence-corrected chi connectivity index (χ4v) is 2.47. The third-order valence-electron chi connectivity index (χ3n) is 3.46. The fraction of sp³-hybridized carbons (Fsp3) is 0.250. The lowest BCUT2D eigenvalue weighted by molar-refractivity contribution is 0.0141. The molecule has 2 aromatic rings. The quantitative estimate of drug-likeness (QED) is 0.920. The van der Waals surface area contributed by atoms with Crippen molar-refractivity contribution in [3.63, 3.8) is 0 Å². The predicted octanol–water partition coefficient (Wildman–Crippen LogP) is 3.50. The molecule has 0 spiro atoms. The molecule has 1 aliphatic rings. The van der Waals surface area contributed by atoms with E-state index in [9.17, 15) is 0 Å². The van der Waals surface area contributed by atoms with Crippen molar-refractivity contribution < 1.29 is 9.47 Å². The number of benzene rings is 2. The van der Waals surface area contributed by atoms with E-state index < -0.39 is 5.60 Å². The molecule has 4 heteroatoms. The number of fused-ring (bicyclic) bond motifs is 1. The maximum atomic E-state index is 6.29. The maximum absolute atomic E-state index is 6.29. The first kappa shape index (κ1) is 13.3. The molecular formula is C16H16ClNO2. The molecule has 0 aliphatic carbocycles. The van der Waals surface area contributed by atoms with Gasteiger partial charge in [-0.05, 0) is 19.1 Å². The van der Waals surface area contributed by atoms with Crippen molar-refractivity contribution in [1.29, 1.82) is 0 Å². The molecule has 0 radical (unpaired) electrons. The van der Waals surface area contributed by atoms with Crippen LogP contribution in [-0.4, -0.2) is 18.8 Å². The highest BCUT2D eigenvalue weighted by atomic mass is 35.5. The second kappa shape index (κ2) is 5.00. The lowest BCUT2D eigenvalue weighted by Gasteiger charge is -2.35. The summed E-state index contributed by atoms with van der Waals surface area (Å²) in [7, 11) is 0. The predicted molar refractivity (Wildman–Crippen MR) is 80.5 cm³/mol. The molecule has 3 nitrogen and oxygen atoms in total. The van der Waals surface area contributed by atoms with Gasteiger partial charge in [-0.25, -0.2) is 0 Å². The Labute approximate surface area is 123 Å². The molecule has 0 unspecified atom stereocenters. The number of hydrogen-bond donors (Lipinski definition) is 1. The van der Waals surface area contributed by atoms with Gasteiger partial charge in [0.25, 0.3) is 0 Å². The Morgan fingerprint density at radius 2 is 1.90 bits per heavy atom. The largest absolute Gasteiger partial charge is 0.485 e. The molecule has 0 aromatic heterocycles. The molecule has 3 rings (SSSR count). The van der Waals surface area contributed by atoms with E-state index >= 15 is 0 Å². The van der Waals surface area contributed by atoms with Crippen LogP contribution in [0.25, 0.3) is 11.1 Å². The fourth-order valence-electron chi connectivity index (χ4n) is 2.23. The van der Waals surface area contributed by atoms with Gasteiger partial charge in [0, 0.05) is 22.7 Å². The molecule has 0 bridgehead atoms. The zero-order chi connectivity index (χ0) is 14.2. The Bertz CT molecular complexity index is 644. The summed E-state index contributed by atoms with van der Waals surface area (Å²) in [5.41, 5.74) is 7.12. The van der Waals surface area contributed by atoms with Gasteiger partial charge in [0.15, 0.2) is 17.1 Å². The maximum Gasteiger partial charge on any atom is 0.170 e. The monoisotopic (exact) mass is 289 g/mol. The van der Waals surface area contributed by atoms with Crippen molar-refractivity contribution >= 4 is 11.6 Å². The van der Waals surface area contributed by atoms with E-state index in [1.807, 2.05) is 49.4 Å². The van der Waals surface area contributed by atoms with Gasteiger partial charge in [-0.1, -0.05) is 41.9 Å². The van der Waals surface area contributed by atoms with Gasteiger partial charge < -0.3 is 15.2 Å². The first-order valence-corrected chi connectivity index (χ1v) is 6.90. The van der Waals surface area contributed by atoms with Crippen LogP contribution in [0, 0.1) is 0 Å². The van der Waals surface area contributed by atoms with Crippen LogP contribution in [0.15, 0.2) is 42.5 Å². The Morgan fingerprint density at radius 1 is 1.15 bits per heavy atom. The number of halogens is 1. The van der Waals surface area contributed by atoms with Crippen LogP contribution in [0.1, 0.15) is 6.92 Å². The van der Waals surface area contributed by atoms with E-state index in [1.54, 1.807) is 0 Å². The normalized spacial score (nSPS) is 20.8. The number of para-hydroxylation sites is 1. The lowest BCUT2D eigenvalue weighted by atomic mass is 10.0. The van der Waals surface area contributed by atoms with Crippen LogP contribution in [-0.2, 0) is 0 Å². The Balaban J connectivity index is 2.13. The highest BCUT2D eigenvalue weighted by molar-refractivity contribution is 6.33. The van der Waals surface area contributed by atoms with Crippen molar-refractivity contribution in [2.24, 2.45) is 5.73 Å². The molecule has 1 aliphatic heterocycles. The highest BCUT2D eigenvalue weighted by Crippen LogP contribution is 2.44. The molecular weight excluding hydrogens is 274 g/mol. The summed E-state index contributed by atoms with van der Waals surface area (Å²) in [6.45, 7) is 2.78. The van der Waals surface area contributed by atoms with E-state index in [1.165, 1.54) is 0 Å². The van der Waals surface area contributed by atoms with Gasteiger partial charge in [-0.3, -0.25) is 0 Å². The molecule has 0 saturated heterocycles. The van der Waals surface area contributed by atoms with Crippen LogP contribution in [0.3, 0.4) is 0 Å². The van der Waals surface area contributed by atoms with Crippen LogP contribution in [0.2, 0.25) is 5.02 Å². The van der Waals surface area contributed by atoms with Crippen LogP contribution >= 0.6 is 11.6 Å². The molecule has 2 N–H and O–H groups in total. The highest BCUT2D eigenvalue weighted by Gasteiger charge is 2.33. The standard InChI is InChI=1S/C16H16ClNO2/c1-16(9-18)10-19-14-8-4-6-12(15(14)20-16)11-5-2-3-7-13(11)17/h2-8H,9-10,18H2,1H3/t16-/m0/s1. The average Bonchev–Trinajstić information content (AvgIpc) is 2.47. The van der Waals surface area contributed by atoms with Crippen molar-refractivity contribution in [3.05, 3.63) is 47.5 Å². The molecule has 1 heterocycles. The zero-order valence-electron chi connectivity index (χ0n) is 11.2. The molecule has 2 aromatic carbocycles. The summed E-state index contributed by atoms with van der Waals surface area (Å²) >= 11 is 6.29. The minimum atomic E-state index is -0.510. The lowest BCUT2D eigenvalue weighted by Crippen LogP contribution is -2.48. The van der Waals surface area contributed by atoms with Gasteiger partial charge in [0.2, 0.25) is 0 Å². The number of nitrogens with two attached hydrogens (primary N) is 1. The molecule has 20 heavy (non-hydrogen) atoms. The molecule has 0 fully saturated rings. The van der Waals surface area contributed by atoms with E-state index in [-0.39, 0.29) is 0 Å². The van der Waals surface area contributed by atoms with E-state index in [4.69, 9.17) is 26.8 Å². The average molecular weight is 290 g/mol. The SMILES string of the molecule is C[C@]1(CN)COc2cccc(-c3ccccc3Cl)c2O1. The molecule has 0 saturated carbocycles. The van der Waals surface area contributed by atoms with Crippen LogP contribution < -0.4 is 15.2 Å². The summed E-state index contributed by atoms with van der Waals surface area (Å²) in [5.74, 6) is 1.44. The number of ether oxygens (including phenoxy) is 2. The zero-order valence-corrected chi connectivity index (χ0v) is 12.0. The second-order valence-corrected chi connectivity index (χ2v) is 5.56. The summed E-state index contributed by atoms with van der Waals surface area (Å²) in [6.07, 6.45) is 0. The van der Waals surface area contributed by atoms with E-state index in [0.29, 0.717) is 23.9 Å². The van der Waals surface area contributed by atoms with Crippen LogP contribution in [0.4, 0.5) is 0 Å². The Morgan fingerprint density at radius 3 is 2.65 bits per heavy atom. The van der Waals surface area contributed by atoms with Crippen molar-refractivity contribution in [1.82, 2.24) is 0 Å². The van der Waals surface area contributed by atoms with Crippen LogP contribution in [0.5, 0.6) is 11.5 Å². The van der Waals surface area contributed by atoms with Gasteiger partial charge >= 0.3 is 0 Å². The first-order chi connectivity index (χ1) is 9.63. The Hall–Kier alpha value is -1.71. The topological polar surface area (TPSA) is 44.5 Å². The van der Waals surface area contributed by atoms with E-state index in [0.717, 1.165) is 16.9 Å². The second-order valence-electron chi connectivity index (χ2n) is 5.16. The van der Waals surface area contributed by atoms with Gasteiger partial charge in [-0.2, -0.15) is 0 Å². The van der Waals surface area contributed by atoms with Crippen molar-refractivity contribution in [3.8, 4) is 22.6 Å². The van der Waals surface area contributed by atoms with Gasteiger partial charge in [-0.15, -0.1) is 0 Å². The summed E-state index contributed by atoms with van der Waals surface area (Å²) in [4.78, 5) is 0. The number of hydrogen-bond acceptors (Lipinski definition) is 3. The summed E-state index contributed by atoms with van der Waals surface area (Å²) < 4.78 is 11.9. The minimum Gasteiger partial charge on any atom is -0.485 e. The van der Waals surface area contributed by atoms with Gasteiger partial charge in [0.05, 0.1) is 0 Å². The third kappa shape index (κ3) is 2.23. The minimum absolute atomic E-state index is 0.392.